The molecular weight excluding hydrogens is 525 g/mol. The van der Waals surface area contributed by atoms with Crippen molar-refractivity contribution in [3.05, 3.63) is 100 Å². The largest absolute Gasteiger partial charge is 0.490 e. The molecular formula is C29H25Cl2N3O4. The molecule has 9 heteroatoms. The molecule has 0 atom stereocenters. The van der Waals surface area contributed by atoms with Gasteiger partial charge in [-0.2, -0.15) is 5.10 Å². The van der Waals surface area contributed by atoms with Crippen molar-refractivity contribution >= 4 is 57.7 Å². The second-order valence-corrected chi connectivity index (χ2v) is 9.03. The smallest absolute Gasteiger partial charge is 0.262 e. The molecule has 0 aromatic heterocycles. The number of nitrogens with zero attached hydrogens (tertiary/aromatic N) is 1. The third kappa shape index (κ3) is 7.25. The molecule has 38 heavy (non-hydrogen) atoms. The molecule has 0 radical (unpaired) electrons. The van der Waals surface area contributed by atoms with E-state index < -0.39 is 0 Å². The summed E-state index contributed by atoms with van der Waals surface area (Å²) in [6.07, 6.45) is 1.73. The molecule has 0 spiro atoms. The third-order valence-corrected chi connectivity index (χ3v) is 6.20. The SMILES string of the molecule is CCOc1cc(/C=N/NC(=O)Cc2cccc3ccccc23)ccc1OCC(=O)Nc1ccc(Cl)c(Cl)c1. The summed E-state index contributed by atoms with van der Waals surface area (Å²) < 4.78 is 11.3. The van der Waals surface area contributed by atoms with Crippen LogP contribution in [0, 0.1) is 0 Å². The Labute approximate surface area is 230 Å². The lowest BCUT2D eigenvalue weighted by Gasteiger charge is -2.13. The van der Waals surface area contributed by atoms with Gasteiger partial charge in [0.25, 0.3) is 5.91 Å². The Kier molecular flexibility index (Phi) is 9.19. The van der Waals surface area contributed by atoms with Crippen LogP contribution in [-0.4, -0.2) is 31.2 Å². The fourth-order valence-corrected chi connectivity index (χ4v) is 4.04. The zero-order chi connectivity index (χ0) is 26.9. The van der Waals surface area contributed by atoms with Crippen molar-refractivity contribution in [2.75, 3.05) is 18.5 Å². The van der Waals surface area contributed by atoms with Gasteiger partial charge in [0.2, 0.25) is 5.91 Å². The first kappa shape index (κ1) is 27.0. The monoisotopic (exact) mass is 549 g/mol. The highest BCUT2D eigenvalue weighted by Gasteiger charge is 2.11. The Morgan fingerprint density at radius 1 is 0.868 bits per heavy atom. The number of hydrogen-bond acceptors (Lipinski definition) is 5. The highest BCUT2D eigenvalue weighted by atomic mass is 35.5. The topological polar surface area (TPSA) is 89.0 Å². The highest BCUT2D eigenvalue weighted by Crippen LogP contribution is 2.28. The molecule has 194 valence electrons. The molecule has 2 amide bonds. The van der Waals surface area contributed by atoms with Crippen molar-refractivity contribution in [1.29, 1.82) is 0 Å². The van der Waals surface area contributed by atoms with E-state index in [2.05, 4.69) is 15.8 Å². The predicted octanol–water partition coefficient (Wildman–Crippen LogP) is 6.26. The number of carbonyl (C=O) groups is 2. The van der Waals surface area contributed by atoms with Crippen molar-refractivity contribution in [3.8, 4) is 11.5 Å². The quantitative estimate of drug-likeness (QED) is 0.180. The van der Waals surface area contributed by atoms with Crippen LogP contribution in [0.4, 0.5) is 5.69 Å². The second-order valence-electron chi connectivity index (χ2n) is 8.21. The molecule has 0 saturated carbocycles. The number of ether oxygens (including phenoxy) is 2. The second kappa shape index (κ2) is 12.9. The van der Waals surface area contributed by atoms with Gasteiger partial charge in [0.15, 0.2) is 18.1 Å². The van der Waals surface area contributed by atoms with Crippen molar-refractivity contribution in [2.45, 2.75) is 13.3 Å². The summed E-state index contributed by atoms with van der Waals surface area (Å²) in [6.45, 7) is 2.00. The number of nitrogens with one attached hydrogen (secondary N) is 2. The number of carbonyl (C=O) groups excluding carboxylic acids is 2. The third-order valence-electron chi connectivity index (χ3n) is 5.46. The van der Waals surface area contributed by atoms with Gasteiger partial charge in [0.1, 0.15) is 0 Å². The van der Waals surface area contributed by atoms with Gasteiger partial charge in [-0.05, 0) is 65.2 Å². The summed E-state index contributed by atoms with van der Waals surface area (Å²) in [5.74, 6) is 0.245. The molecule has 4 aromatic carbocycles. The van der Waals surface area contributed by atoms with E-state index in [1.165, 1.54) is 6.21 Å². The van der Waals surface area contributed by atoms with E-state index in [4.69, 9.17) is 32.7 Å². The summed E-state index contributed by atoms with van der Waals surface area (Å²) in [6, 6.07) is 23.8. The standard InChI is InChI=1S/C29H25Cl2N3O4/c1-2-37-27-14-19(10-13-26(27)38-18-29(36)33-22-11-12-24(30)25(31)16-22)17-32-34-28(35)15-21-8-5-7-20-6-3-4-9-23(20)21/h3-14,16-17H,2,15,18H2,1H3,(H,33,36)(H,34,35)/b32-17+. The summed E-state index contributed by atoms with van der Waals surface area (Å²) in [5, 5.41) is 9.64. The fraction of sp³-hybridized carbons (Fsp3) is 0.138. The Morgan fingerprint density at radius 2 is 1.68 bits per heavy atom. The molecule has 0 fully saturated rings. The minimum atomic E-state index is -0.370. The number of rotatable bonds is 10. The van der Waals surface area contributed by atoms with Gasteiger partial charge in [0.05, 0.1) is 29.3 Å². The van der Waals surface area contributed by atoms with Crippen LogP contribution in [0.1, 0.15) is 18.1 Å². The van der Waals surface area contributed by atoms with Gasteiger partial charge < -0.3 is 14.8 Å². The summed E-state index contributed by atoms with van der Waals surface area (Å²) in [5.41, 5.74) is 4.69. The van der Waals surface area contributed by atoms with Gasteiger partial charge in [0, 0.05) is 5.69 Å². The van der Waals surface area contributed by atoms with Crippen LogP contribution in [0.3, 0.4) is 0 Å². The number of amides is 2. The molecule has 2 N–H and O–H groups in total. The lowest BCUT2D eigenvalue weighted by molar-refractivity contribution is -0.120. The number of benzene rings is 4. The van der Waals surface area contributed by atoms with Gasteiger partial charge in [-0.15, -0.1) is 0 Å². The van der Waals surface area contributed by atoms with Crippen molar-refractivity contribution in [3.63, 3.8) is 0 Å². The average Bonchev–Trinajstić information content (AvgIpc) is 2.91. The maximum atomic E-state index is 12.5. The van der Waals surface area contributed by atoms with E-state index >= 15 is 0 Å². The summed E-state index contributed by atoms with van der Waals surface area (Å²) in [7, 11) is 0. The van der Waals surface area contributed by atoms with Crippen LogP contribution in [-0.2, 0) is 16.0 Å². The molecule has 0 aliphatic rings. The van der Waals surface area contributed by atoms with Crippen molar-refractivity contribution in [2.24, 2.45) is 5.10 Å². The zero-order valence-electron chi connectivity index (χ0n) is 20.5. The zero-order valence-corrected chi connectivity index (χ0v) is 22.1. The van der Waals surface area contributed by atoms with Crippen LogP contribution >= 0.6 is 23.2 Å². The average molecular weight is 550 g/mol. The first-order valence-electron chi connectivity index (χ1n) is 11.9. The molecule has 7 nitrogen and oxygen atoms in total. The number of hydrazone groups is 1. The Balaban J connectivity index is 1.34. The van der Waals surface area contributed by atoms with Gasteiger partial charge >= 0.3 is 0 Å². The normalized spacial score (nSPS) is 10.9. The van der Waals surface area contributed by atoms with E-state index in [1.54, 1.807) is 36.4 Å². The van der Waals surface area contributed by atoms with Gasteiger partial charge in [-0.25, -0.2) is 5.43 Å². The molecule has 0 unspecified atom stereocenters. The number of anilines is 1. The van der Waals surface area contributed by atoms with E-state index in [1.807, 2.05) is 49.4 Å². The van der Waals surface area contributed by atoms with Crippen molar-refractivity contribution < 1.29 is 19.1 Å². The molecule has 4 rings (SSSR count). The first-order valence-corrected chi connectivity index (χ1v) is 12.6. The van der Waals surface area contributed by atoms with Crippen molar-refractivity contribution in [1.82, 2.24) is 5.43 Å². The maximum absolute atomic E-state index is 12.5. The maximum Gasteiger partial charge on any atom is 0.262 e. The van der Waals surface area contributed by atoms with E-state index in [-0.39, 0.29) is 24.8 Å². The van der Waals surface area contributed by atoms with E-state index in [0.29, 0.717) is 39.4 Å². The van der Waals surface area contributed by atoms with Crippen LogP contribution in [0.25, 0.3) is 10.8 Å². The van der Waals surface area contributed by atoms with E-state index in [0.717, 1.165) is 16.3 Å². The first-order chi connectivity index (χ1) is 18.4. The van der Waals surface area contributed by atoms with Crippen LogP contribution in [0.15, 0.2) is 84.0 Å². The molecule has 4 aromatic rings. The summed E-state index contributed by atoms with van der Waals surface area (Å²) in [4.78, 5) is 24.8. The molecule has 0 saturated heterocycles. The summed E-state index contributed by atoms with van der Waals surface area (Å²) >= 11 is 11.9. The number of halogens is 2. The van der Waals surface area contributed by atoms with Gasteiger partial charge in [-0.1, -0.05) is 65.7 Å². The molecule has 0 bridgehead atoms. The molecule has 0 aliphatic heterocycles. The Morgan fingerprint density at radius 3 is 2.50 bits per heavy atom. The van der Waals surface area contributed by atoms with Crippen LogP contribution in [0.2, 0.25) is 10.0 Å². The minimum Gasteiger partial charge on any atom is -0.490 e. The fourth-order valence-electron chi connectivity index (χ4n) is 3.74. The minimum absolute atomic E-state index is 0.208. The van der Waals surface area contributed by atoms with Crippen LogP contribution < -0.4 is 20.2 Å². The predicted molar refractivity (Wildman–Crippen MR) is 152 cm³/mol. The molecule has 0 heterocycles. The highest BCUT2D eigenvalue weighted by molar-refractivity contribution is 6.42. The number of hydrogen-bond donors (Lipinski definition) is 2. The number of fused-ring (bicyclic) bond motifs is 1. The molecule has 0 aliphatic carbocycles. The van der Waals surface area contributed by atoms with Crippen LogP contribution in [0.5, 0.6) is 11.5 Å². The van der Waals surface area contributed by atoms with Gasteiger partial charge in [-0.3, -0.25) is 9.59 Å². The lowest BCUT2D eigenvalue weighted by Crippen LogP contribution is -2.20. The Hall–Kier alpha value is -4.07. The lowest BCUT2D eigenvalue weighted by atomic mass is 10.0. The van der Waals surface area contributed by atoms with E-state index in [9.17, 15) is 9.59 Å². The Bertz CT molecular complexity index is 1480.